The van der Waals surface area contributed by atoms with E-state index in [9.17, 15) is 18.4 Å². The molecule has 0 heterocycles. The van der Waals surface area contributed by atoms with Gasteiger partial charge in [-0.1, -0.05) is 0 Å². The van der Waals surface area contributed by atoms with E-state index in [0.717, 1.165) is 13.8 Å². The Morgan fingerprint density at radius 3 is 1.67 bits per heavy atom. The largest absolute Gasteiger partial charge is 0.465 e. The van der Waals surface area contributed by atoms with Crippen LogP contribution < -0.4 is 0 Å². The van der Waals surface area contributed by atoms with Crippen LogP contribution in [0.1, 0.15) is 13.8 Å². The van der Waals surface area contributed by atoms with Crippen molar-refractivity contribution in [3.8, 4) is 0 Å². The fourth-order valence-electron chi connectivity index (χ4n) is 1.33. The van der Waals surface area contributed by atoms with Crippen molar-refractivity contribution in [2.75, 3.05) is 13.2 Å². The molecule has 0 N–H and O–H groups in total. The molecule has 1 saturated carbocycles. The minimum absolute atomic E-state index is 0.325. The van der Waals surface area contributed by atoms with Gasteiger partial charge in [-0.15, -0.1) is 0 Å². The third-order valence-electron chi connectivity index (χ3n) is 2.30. The van der Waals surface area contributed by atoms with Gasteiger partial charge in [0.1, 0.15) is 13.2 Å². The topological polar surface area (TPSA) is 52.6 Å². The van der Waals surface area contributed by atoms with E-state index in [2.05, 4.69) is 9.47 Å². The lowest BCUT2D eigenvalue weighted by Gasteiger charge is -1.99. The van der Waals surface area contributed by atoms with Crippen molar-refractivity contribution < 1.29 is 27.8 Å². The predicted molar refractivity (Wildman–Crippen MR) is 45.2 cm³/mol. The maximum Gasteiger partial charge on any atom is 0.302 e. The highest BCUT2D eigenvalue weighted by Crippen LogP contribution is 2.55. The van der Waals surface area contributed by atoms with E-state index in [-0.39, 0.29) is 13.2 Å². The van der Waals surface area contributed by atoms with Crippen LogP contribution >= 0.6 is 0 Å². The molecule has 1 aliphatic rings. The molecule has 0 aliphatic heterocycles. The van der Waals surface area contributed by atoms with Crippen LogP contribution in [0.5, 0.6) is 0 Å². The normalized spacial score (nSPS) is 26.9. The number of carbonyl (C=O) groups is 2. The second kappa shape index (κ2) is 4.12. The van der Waals surface area contributed by atoms with Crippen molar-refractivity contribution in [1.82, 2.24) is 0 Å². The van der Waals surface area contributed by atoms with E-state index in [1.807, 2.05) is 0 Å². The SMILES string of the molecule is CC(=O)OC[C@@H]1[C@H](COC(C)=O)C1(F)F. The molecule has 86 valence electrons. The minimum Gasteiger partial charge on any atom is -0.465 e. The third kappa shape index (κ3) is 2.87. The average molecular weight is 222 g/mol. The third-order valence-corrected chi connectivity index (χ3v) is 2.30. The summed E-state index contributed by atoms with van der Waals surface area (Å²) in [6, 6.07) is 0. The van der Waals surface area contributed by atoms with Gasteiger partial charge in [-0.3, -0.25) is 9.59 Å². The monoisotopic (exact) mass is 222 g/mol. The Morgan fingerprint density at radius 2 is 1.40 bits per heavy atom. The first kappa shape index (κ1) is 11.9. The predicted octanol–water partition coefficient (Wildman–Crippen LogP) is 0.994. The molecule has 0 amide bonds. The molecule has 0 radical (unpaired) electrons. The highest BCUT2D eigenvalue weighted by molar-refractivity contribution is 5.66. The second-order valence-corrected chi connectivity index (χ2v) is 3.49. The van der Waals surface area contributed by atoms with Crippen LogP contribution in [0.4, 0.5) is 8.78 Å². The van der Waals surface area contributed by atoms with E-state index in [0.29, 0.717) is 0 Å². The summed E-state index contributed by atoms with van der Waals surface area (Å²) in [7, 11) is 0. The van der Waals surface area contributed by atoms with E-state index in [1.165, 1.54) is 0 Å². The minimum atomic E-state index is -2.90. The Morgan fingerprint density at radius 1 is 1.07 bits per heavy atom. The van der Waals surface area contributed by atoms with Gasteiger partial charge in [-0.25, -0.2) is 8.78 Å². The smallest absolute Gasteiger partial charge is 0.302 e. The first-order valence-corrected chi connectivity index (χ1v) is 4.50. The number of carbonyl (C=O) groups excluding carboxylic acids is 2. The summed E-state index contributed by atoms with van der Waals surface area (Å²) >= 11 is 0. The number of ether oxygens (including phenoxy) is 2. The number of hydrogen-bond donors (Lipinski definition) is 0. The molecule has 1 fully saturated rings. The standard InChI is InChI=1S/C9H12F2O4/c1-5(12)14-3-7-8(9(7,10)11)4-15-6(2)13/h7-8H,3-4H2,1-2H3/t7-,8+. The molecule has 0 aromatic rings. The molecule has 0 spiro atoms. The number of hydrogen-bond acceptors (Lipinski definition) is 4. The molecule has 0 aromatic carbocycles. The lowest BCUT2D eigenvalue weighted by Crippen LogP contribution is -2.07. The Hall–Kier alpha value is -1.20. The summed E-state index contributed by atoms with van der Waals surface area (Å²) < 4.78 is 34.9. The Kier molecular flexibility index (Phi) is 3.26. The van der Waals surface area contributed by atoms with Crippen LogP contribution in [0.25, 0.3) is 0 Å². The Bertz CT molecular complexity index is 251. The lowest BCUT2D eigenvalue weighted by molar-refractivity contribution is -0.143. The maximum atomic E-state index is 13.0. The van der Waals surface area contributed by atoms with E-state index >= 15 is 0 Å². The zero-order valence-electron chi connectivity index (χ0n) is 8.46. The van der Waals surface area contributed by atoms with Crippen LogP contribution in [0, 0.1) is 11.8 Å². The molecule has 1 rings (SSSR count). The van der Waals surface area contributed by atoms with Crippen LogP contribution in [-0.4, -0.2) is 31.1 Å². The van der Waals surface area contributed by atoms with Gasteiger partial charge in [0.25, 0.3) is 5.92 Å². The van der Waals surface area contributed by atoms with Crippen molar-refractivity contribution in [2.24, 2.45) is 11.8 Å². The van der Waals surface area contributed by atoms with Crippen LogP contribution in [-0.2, 0) is 19.1 Å². The van der Waals surface area contributed by atoms with Crippen molar-refractivity contribution in [3.63, 3.8) is 0 Å². The number of esters is 2. The average Bonchev–Trinajstić information content (AvgIpc) is 2.60. The van der Waals surface area contributed by atoms with Crippen molar-refractivity contribution in [2.45, 2.75) is 19.8 Å². The fourth-order valence-corrected chi connectivity index (χ4v) is 1.33. The van der Waals surface area contributed by atoms with Gasteiger partial charge in [-0.05, 0) is 0 Å². The van der Waals surface area contributed by atoms with Crippen LogP contribution in [0.3, 0.4) is 0 Å². The number of alkyl halides is 2. The molecule has 0 bridgehead atoms. The molecule has 6 heteroatoms. The van der Waals surface area contributed by atoms with Gasteiger partial charge < -0.3 is 9.47 Å². The van der Waals surface area contributed by atoms with Gasteiger partial charge in [0.15, 0.2) is 0 Å². The van der Waals surface area contributed by atoms with Crippen molar-refractivity contribution >= 4 is 11.9 Å². The maximum absolute atomic E-state index is 13.0. The highest BCUT2D eigenvalue weighted by Gasteiger charge is 2.69. The molecular weight excluding hydrogens is 210 g/mol. The summed E-state index contributed by atoms with van der Waals surface area (Å²) in [5, 5.41) is 0. The Labute approximate surface area is 85.5 Å². The summed E-state index contributed by atoms with van der Waals surface area (Å²) in [5.74, 6) is -6.14. The molecule has 4 nitrogen and oxygen atoms in total. The summed E-state index contributed by atoms with van der Waals surface area (Å²) in [6.45, 7) is 1.66. The first-order valence-electron chi connectivity index (χ1n) is 4.50. The molecule has 2 atom stereocenters. The lowest BCUT2D eigenvalue weighted by atomic mass is 10.3. The summed E-state index contributed by atoms with van der Waals surface area (Å²) in [5.41, 5.74) is 0. The molecule has 1 aliphatic carbocycles. The van der Waals surface area contributed by atoms with E-state index in [4.69, 9.17) is 0 Å². The second-order valence-electron chi connectivity index (χ2n) is 3.49. The quantitative estimate of drug-likeness (QED) is 0.666. The van der Waals surface area contributed by atoms with Crippen molar-refractivity contribution in [3.05, 3.63) is 0 Å². The summed E-state index contributed by atoms with van der Waals surface area (Å²) in [4.78, 5) is 20.8. The molecule has 0 saturated heterocycles. The van der Waals surface area contributed by atoms with Gasteiger partial charge in [0.2, 0.25) is 0 Å². The van der Waals surface area contributed by atoms with Gasteiger partial charge in [0.05, 0.1) is 11.8 Å². The fraction of sp³-hybridized carbons (Fsp3) is 0.778. The van der Waals surface area contributed by atoms with Crippen LogP contribution in [0.2, 0.25) is 0 Å². The van der Waals surface area contributed by atoms with E-state index in [1.54, 1.807) is 0 Å². The first-order chi connectivity index (χ1) is 6.85. The van der Waals surface area contributed by atoms with Gasteiger partial charge in [0, 0.05) is 13.8 Å². The van der Waals surface area contributed by atoms with Crippen molar-refractivity contribution in [1.29, 1.82) is 0 Å². The number of halogens is 2. The van der Waals surface area contributed by atoms with Gasteiger partial charge >= 0.3 is 11.9 Å². The summed E-state index contributed by atoms with van der Waals surface area (Å²) in [6.07, 6.45) is 0. The van der Waals surface area contributed by atoms with E-state index < -0.39 is 29.7 Å². The molecular formula is C9H12F2O4. The zero-order valence-corrected chi connectivity index (χ0v) is 8.46. The number of rotatable bonds is 4. The molecule has 0 aromatic heterocycles. The molecule has 15 heavy (non-hydrogen) atoms. The Balaban J connectivity index is 2.34. The van der Waals surface area contributed by atoms with Gasteiger partial charge in [-0.2, -0.15) is 0 Å². The zero-order chi connectivity index (χ0) is 11.6. The molecule has 0 unspecified atom stereocenters. The highest BCUT2D eigenvalue weighted by atomic mass is 19.3. The van der Waals surface area contributed by atoms with Crippen LogP contribution in [0.15, 0.2) is 0 Å².